The highest BCUT2D eigenvalue weighted by atomic mass is 16.5. The van der Waals surface area contributed by atoms with Crippen LogP contribution in [0.2, 0.25) is 0 Å². The van der Waals surface area contributed by atoms with Crippen molar-refractivity contribution in [2.75, 3.05) is 19.6 Å². The van der Waals surface area contributed by atoms with Gasteiger partial charge in [0.15, 0.2) is 0 Å². The molecule has 2 saturated heterocycles. The molecule has 0 saturated carbocycles. The van der Waals surface area contributed by atoms with E-state index in [1.54, 1.807) is 0 Å². The van der Waals surface area contributed by atoms with Crippen LogP contribution in [-0.2, 0) is 24.2 Å². The summed E-state index contributed by atoms with van der Waals surface area (Å²) >= 11 is 0. The van der Waals surface area contributed by atoms with Crippen molar-refractivity contribution in [2.24, 2.45) is 0 Å². The maximum Gasteiger partial charge on any atom is 0.230 e. The Balaban J connectivity index is 1.31. The van der Waals surface area contributed by atoms with Crippen LogP contribution in [-0.4, -0.2) is 46.0 Å². The van der Waals surface area contributed by atoms with Gasteiger partial charge in [0.05, 0.1) is 17.7 Å². The van der Waals surface area contributed by atoms with Gasteiger partial charge in [0.25, 0.3) is 0 Å². The maximum atomic E-state index is 12.4. The molecule has 0 unspecified atom stereocenters. The Kier molecular flexibility index (Phi) is 3.88. The zero-order chi connectivity index (χ0) is 16.6. The number of hydrogen-bond donors (Lipinski definition) is 0. The second kappa shape index (κ2) is 6.06. The monoisotopic (exact) mass is 325 g/mol. The number of amides is 1. The largest absolute Gasteiger partial charge is 0.361 e. The molecule has 2 aliphatic heterocycles. The molecule has 4 rings (SSSR count). The van der Waals surface area contributed by atoms with Crippen molar-refractivity contribution in [3.63, 3.8) is 0 Å². The minimum atomic E-state index is 0.144. The van der Waals surface area contributed by atoms with Gasteiger partial charge in [-0.25, -0.2) is 0 Å². The number of rotatable bonds is 5. The fourth-order valence-corrected chi connectivity index (χ4v) is 3.70. The summed E-state index contributed by atoms with van der Waals surface area (Å²) < 4.78 is 5.23. The van der Waals surface area contributed by atoms with Gasteiger partial charge in [-0.3, -0.25) is 9.69 Å². The molecule has 24 heavy (non-hydrogen) atoms. The molecule has 1 amide bonds. The van der Waals surface area contributed by atoms with Crippen molar-refractivity contribution >= 4 is 5.91 Å². The lowest BCUT2D eigenvalue weighted by Crippen LogP contribution is -2.77. The molecule has 0 atom stereocenters. The summed E-state index contributed by atoms with van der Waals surface area (Å²) in [4.78, 5) is 16.9. The summed E-state index contributed by atoms with van der Waals surface area (Å²) in [6.07, 6.45) is 2.34. The van der Waals surface area contributed by atoms with Crippen molar-refractivity contribution in [1.29, 1.82) is 0 Å². The number of carbonyl (C=O) groups is 1. The Bertz CT molecular complexity index is 719. The van der Waals surface area contributed by atoms with E-state index in [0.717, 1.165) is 38.3 Å². The summed E-state index contributed by atoms with van der Waals surface area (Å²) in [5, 5.41) is 3.95. The molecular weight excluding hydrogens is 302 g/mol. The van der Waals surface area contributed by atoms with Crippen molar-refractivity contribution in [2.45, 2.75) is 38.3 Å². The standard InChI is InChI=1S/C19H23N3O2/c1-2-16-10-17(24-20-16)11-18(23)21-13-19(14-21)8-9-22(19)12-15-6-4-3-5-7-15/h3-7,10H,2,8-9,11-14H2,1H3. The number of likely N-dealkylation sites (tertiary alicyclic amines) is 2. The fraction of sp³-hybridized carbons (Fsp3) is 0.474. The first-order valence-corrected chi connectivity index (χ1v) is 8.70. The topological polar surface area (TPSA) is 49.6 Å². The van der Waals surface area contributed by atoms with Crippen LogP contribution in [0.15, 0.2) is 40.9 Å². The molecule has 1 aromatic carbocycles. The molecule has 5 nitrogen and oxygen atoms in total. The lowest BCUT2D eigenvalue weighted by molar-refractivity contribution is -0.162. The van der Waals surface area contributed by atoms with E-state index in [4.69, 9.17) is 4.52 Å². The van der Waals surface area contributed by atoms with Crippen LogP contribution in [0.5, 0.6) is 0 Å². The lowest BCUT2D eigenvalue weighted by Gasteiger charge is -2.62. The number of hydrogen-bond acceptors (Lipinski definition) is 4. The number of benzene rings is 1. The van der Waals surface area contributed by atoms with Gasteiger partial charge in [-0.05, 0) is 18.4 Å². The highest BCUT2D eigenvalue weighted by Crippen LogP contribution is 2.40. The molecule has 2 aliphatic rings. The van der Waals surface area contributed by atoms with Crippen LogP contribution in [0.1, 0.15) is 30.4 Å². The number of aromatic nitrogens is 1. The average Bonchev–Trinajstić information content (AvgIpc) is 2.99. The molecule has 0 aliphatic carbocycles. The summed E-state index contributed by atoms with van der Waals surface area (Å²) in [7, 11) is 0. The third-order valence-corrected chi connectivity index (χ3v) is 5.35. The van der Waals surface area contributed by atoms with E-state index in [-0.39, 0.29) is 11.4 Å². The Hall–Kier alpha value is -2.14. The van der Waals surface area contributed by atoms with Gasteiger partial charge in [0, 0.05) is 32.2 Å². The Morgan fingerprint density at radius 3 is 2.71 bits per heavy atom. The van der Waals surface area contributed by atoms with Crippen LogP contribution in [0.3, 0.4) is 0 Å². The highest BCUT2D eigenvalue weighted by molar-refractivity contribution is 5.79. The molecule has 0 radical (unpaired) electrons. The van der Waals surface area contributed by atoms with Gasteiger partial charge < -0.3 is 9.42 Å². The van der Waals surface area contributed by atoms with Crippen molar-refractivity contribution in [3.05, 3.63) is 53.4 Å². The number of carbonyl (C=O) groups excluding carboxylic acids is 1. The summed E-state index contributed by atoms with van der Waals surface area (Å²) in [5.41, 5.74) is 2.46. The number of aryl methyl sites for hydroxylation is 1. The normalized spacial score (nSPS) is 19.1. The zero-order valence-corrected chi connectivity index (χ0v) is 14.1. The molecule has 0 bridgehead atoms. The molecular formula is C19H23N3O2. The summed E-state index contributed by atoms with van der Waals surface area (Å²) in [5.74, 6) is 0.818. The Morgan fingerprint density at radius 1 is 1.29 bits per heavy atom. The summed E-state index contributed by atoms with van der Waals surface area (Å²) in [6, 6.07) is 12.4. The average molecular weight is 325 g/mol. The van der Waals surface area contributed by atoms with Gasteiger partial charge >= 0.3 is 0 Å². The molecule has 2 fully saturated rings. The van der Waals surface area contributed by atoms with Crippen molar-refractivity contribution < 1.29 is 9.32 Å². The van der Waals surface area contributed by atoms with Crippen LogP contribution < -0.4 is 0 Å². The predicted octanol–water partition coefficient (Wildman–Crippen LogP) is 2.27. The van der Waals surface area contributed by atoms with Gasteiger partial charge in [0.2, 0.25) is 5.91 Å². The van der Waals surface area contributed by atoms with Crippen LogP contribution in [0, 0.1) is 0 Å². The van der Waals surface area contributed by atoms with E-state index >= 15 is 0 Å². The first-order chi connectivity index (χ1) is 11.7. The third kappa shape index (κ3) is 2.73. The fourth-order valence-electron chi connectivity index (χ4n) is 3.70. The van der Waals surface area contributed by atoms with E-state index in [9.17, 15) is 4.79 Å². The first-order valence-electron chi connectivity index (χ1n) is 8.70. The van der Waals surface area contributed by atoms with E-state index in [2.05, 4.69) is 34.3 Å². The van der Waals surface area contributed by atoms with Gasteiger partial charge in [-0.2, -0.15) is 0 Å². The third-order valence-electron chi connectivity index (χ3n) is 5.35. The SMILES string of the molecule is CCc1cc(CC(=O)N2CC3(CCN3Cc3ccccc3)C2)on1. The van der Waals surface area contributed by atoms with Crippen LogP contribution in [0.4, 0.5) is 0 Å². The second-order valence-corrected chi connectivity index (χ2v) is 6.95. The van der Waals surface area contributed by atoms with E-state index in [1.165, 1.54) is 12.0 Å². The van der Waals surface area contributed by atoms with Gasteiger partial charge in [0.1, 0.15) is 5.76 Å². The second-order valence-electron chi connectivity index (χ2n) is 6.95. The molecule has 1 aromatic heterocycles. The Morgan fingerprint density at radius 2 is 2.08 bits per heavy atom. The van der Waals surface area contributed by atoms with Crippen LogP contribution in [0.25, 0.3) is 0 Å². The molecule has 5 heteroatoms. The summed E-state index contributed by atoms with van der Waals surface area (Å²) in [6.45, 7) is 5.81. The molecule has 0 N–H and O–H groups in total. The minimum Gasteiger partial charge on any atom is -0.361 e. The van der Waals surface area contributed by atoms with E-state index in [0.29, 0.717) is 12.2 Å². The molecule has 2 aromatic rings. The predicted molar refractivity (Wildman–Crippen MR) is 90.4 cm³/mol. The molecule has 3 heterocycles. The first kappa shape index (κ1) is 15.4. The van der Waals surface area contributed by atoms with Gasteiger partial charge in [-0.1, -0.05) is 42.4 Å². The maximum absolute atomic E-state index is 12.4. The highest BCUT2D eigenvalue weighted by Gasteiger charge is 2.54. The van der Waals surface area contributed by atoms with E-state index in [1.807, 2.05) is 24.0 Å². The number of nitrogens with zero attached hydrogens (tertiary/aromatic N) is 3. The smallest absolute Gasteiger partial charge is 0.230 e. The van der Waals surface area contributed by atoms with E-state index < -0.39 is 0 Å². The van der Waals surface area contributed by atoms with Gasteiger partial charge in [-0.15, -0.1) is 0 Å². The minimum absolute atomic E-state index is 0.144. The molecule has 1 spiro atoms. The molecule has 126 valence electrons. The van der Waals surface area contributed by atoms with Crippen molar-refractivity contribution in [1.82, 2.24) is 15.0 Å². The quantitative estimate of drug-likeness (QED) is 0.846. The van der Waals surface area contributed by atoms with Crippen molar-refractivity contribution in [3.8, 4) is 0 Å². The Labute approximate surface area is 142 Å². The van der Waals surface area contributed by atoms with Crippen LogP contribution >= 0.6 is 0 Å². The zero-order valence-electron chi connectivity index (χ0n) is 14.1. The lowest BCUT2D eigenvalue weighted by atomic mass is 9.77.